The van der Waals surface area contributed by atoms with Gasteiger partial charge in [0, 0.05) is 47.5 Å². The largest absolute Gasteiger partial charge is 0.485 e. The highest BCUT2D eigenvalue weighted by Crippen LogP contribution is 2.28. The molecule has 0 aliphatic carbocycles. The summed E-state index contributed by atoms with van der Waals surface area (Å²) in [5, 5.41) is 4.09. The Labute approximate surface area is 197 Å². The second kappa shape index (κ2) is 10.2. The Morgan fingerprint density at radius 2 is 1.91 bits per heavy atom. The number of nitrogens with zero attached hydrogens (tertiary/aromatic N) is 2. The van der Waals surface area contributed by atoms with E-state index >= 15 is 0 Å². The Hall–Kier alpha value is -2.80. The number of pyridine rings is 1. The van der Waals surface area contributed by atoms with Crippen LogP contribution in [0.25, 0.3) is 0 Å². The molecule has 1 aromatic heterocycles. The van der Waals surface area contributed by atoms with Crippen molar-refractivity contribution >= 4 is 34.9 Å². The third-order valence-electron chi connectivity index (χ3n) is 5.43. The Kier molecular flexibility index (Phi) is 7.15. The van der Waals surface area contributed by atoms with Gasteiger partial charge in [0.2, 0.25) is 0 Å². The van der Waals surface area contributed by atoms with Gasteiger partial charge in [-0.2, -0.15) is 0 Å². The Morgan fingerprint density at radius 1 is 1.16 bits per heavy atom. The number of amides is 1. The van der Waals surface area contributed by atoms with E-state index in [2.05, 4.69) is 27.3 Å². The number of halogens is 2. The lowest BCUT2D eigenvalue weighted by Gasteiger charge is -2.17. The maximum atomic E-state index is 12.8. The van der Waals surface area contributed by atoms with Gasteiger partial charge in [-0.3, -0.25) is 9.69 Å². The topological polar surface area (TPSA) is 80.5 Å². The van der Waals surface area contributed by atoms with Gasteiger partial charge in [-0.25, -0.2) is 4.98 Å². The summed E-state index contributed by atoms with van der Waals surface area (Å²) < 4.78 is 5.78. The molecule has 6 nitrogen and oxygen atoms in total. The lowest BCUT2D eigenvalue weighted by molar-refractivity contribution is 0.0937. The summed E-state index contributed by atoms with van der Waals surface area (Å²) >= 11 is 12.4. The van der Waals surface area contributed by atoms with E-state index in [-0.39, 0.29) is 24.4 Å². The Balaban J connectivity index is 1.36. The zero-order valence-electron chi connectivity index (χ0n) is 17.4. The van der Waals surface area contributed by atoms with Crippen LogP contribution in [0.4, 0.5) is 5.82 Å². The van der Waals surface area contributed by atoms with E-state index < -0.39 is 0 Å². The number of hydrogen-bond acceptors (Lipinski definition) is 5. The van der Waals surface area contributed by atoms with E-state index in [9.17, 15) is 4.79 Å². The molecule has 1 amide bonds. The number of carbonyl (C=O) groups is 1. The summed E-state index contributed by atoms with van der Waals surface area (Å²) in [5.74, 6) is 0.301. The average Bonchev–Trinajstić information content (AvgIpc) is 3.21. The molecule has 1 unspecified atom stereocenters. The second-order valence-electron chi connectivity index (χ2n) is 7.78. The minimum atomic E-state index is -0.204. The summed E-state index contributed by atoms with van der Waals surface area (Å²) in [6.07, 6.45) is 2.35. The lowest BCUT2D eigenvalue weighted by atomic mass is 10.2. The lowest BCUT2D eigenvalue weighted by Crippen LogP contribution is -2.37. The minimum absolute atomic E-state index is 0.0788. The second-order valence-corrected chi connectivity index (χ2v) is 8.59. The molecule has 1 aliphatic heterocycles. The first kappa shape index (κ1) is 22.4. The van der Waals surface area contributed by atoms with E-state index in [0.29, 0.717) is 26.9 Å². The predicted octanol–water partition coefficient (Wildman–Crippen LogP) is 4.55. The zero-order chi connectivity index (χ0) is 22.5. The van der Waals surface area contributed by atoms with Gasteiger partial charge in [0.15, 0.2) is 11.6 Å². The van der Waals surface area contributed by atoms with Gasteiger partial charge in [0.1, 0.15) is 6.61 Å². The van der Waals surface area contributed by atoms with Gasteiger partial charge in [-0.05, 0) is 30.2 Å². The zero-order valence-corrected chi connectivity index (χ0v) is 18.9. The maximum Gasteiger partial charge on any atom is 0.253 e. The molecule has 166 valence electrons. The summed E-state index contributed by atoms with van der Waals surface area (Å²) in [5.41, 5.74) is 8.25. The number of nitrogen functional groups attached to an aromatic ring is 1. The molecule has 0 saturated carbocycles. The standard InChI is InChI=1S/C24H24Cl2N4O2/c25-20-7-4-8-21(26)19(20)15-32-22-11-17(12-28-23(22)27)24(31)29-18-9-10-30(14-18)13-16-5-2-1-3-6-16/h1-8,11-12,18H,9-10,13-15H2,(H2,27,28)(H,29,31). The number of carbonyl (C=O) groups excluding carboxylic acids is 1. The first-order valence-corrected chi connectivity index (χ1v) is 11.1. The van der Waals surface area contributed by atoms with E-state index in [1.807, 2.05) is 18.2 Å². The van der Waals surface area contributed by atoms with Gasteiger partial charge in [-0.15, -0.1) is 0 Å². The van der Waals surface area contributed by atoms with Crippen LogP contribution in [0.5, 0.6) is 5.75 Å². The summed E-state index contributed by atoms with van der Waals surface area (Å²) in [4.78, 5) is 19.3. The van der Waals surface area contributed by atoms with Crippen molar-refractivity contribution in [1.29, 1.82) is 0 Å². The van der Waals surface area contributed by atoms with Gasteiger partial charge >= 0.3 is 0 Å². The van der Waals surface area contributed by atoms with E-state index in [1.165, 1.54) is 11.8 Å². The van der Waals surface area contributed by atoms with E-state index in [1.54, 1.807) is 24.3 Å². The van der Waals surface area contributed by atoms with Crippen molar-refractivity contribution < 1.29 is 9.53 Å². The number of nitrogens with one attached hydrogen (secondary N) is 1. The molecule has 1 aliphatic rings. The Bertz CT molecular complexity index is 1070. The van der Waals surface area contributed by atoms with Crippen LogP contribution < -0.4 is 15.8 Å². The van der Waals surface area contributed by atoms with Crippen LogP contribution in [-0.4, -0.2) is 34.9 Å². The number of rotatable bonds is 7. The number of ether oxygens (including phenoxy) is 1. The fraction of sp³-hybridized carbons (Fsp3) is 0.250. The highest BCUT2D eigenvalue weighted by Gasteiger charge is 2.24. The minimum Gasteiger partial charge on any atom is -0.485 e. The molecule has 4 rings (SSSR count). The maximum absolute atomic E-state index is 12.8. The van der Waals surface area contributed by atoms with Crippen LogP contribution in [-0.2, 0) is 13.2 Å². The van der Waals surface area contributed by atoms with Crippen LogP contribution >= 0.6 is 23.2 Å². The van der Waals surface area contributed by atoms with Crippen molar-refractivity contribution in [1.82, 2.24) is 15.2 Å². The molecule has 0 bridgehead atoms. The van der Waals surface area contributed by atoms with Crippen molar-refractivity contribution in [2.24, 2.45) is 0 Å². The first-order chi connectivity index (χ1) is 15.5. The smallest absolute Gasteiger partial charge is 0.253 e. The average molecular weight is 471 g/mol. The van der Waals surface area contributed by atoms with Crippen molar-refractivity contribution in [3.8, 4) is 5.75 Å². The molecule has 1 saturated heterocycles. The fourth-order valence-electron chi connectivity index (χ4n) is 3.72. The van der Waals surface area contributed by atoms with Crippen molar-refractivity contribution in [3.63, 3.8) is 0 Å². The molecule has 8 heteroatoms. The molecule has 32 heavy (non-hydrogen) atoms. The van der Waals surface area contributed by atoms with Gasteiger partial charge in [0.05, 0.1) is 5.56 Å². The van der Waals surface area contributed by atoms with Crippen molar-refractivity contribution in [3.05, 3.63) is 87.5 Å². The first-order valence-electron chi connectivity index (χ1n) is 10.4. The summed E-state index contributed by atoms with van der Waals surface area (Å²) in [6.45, 7) is 2.73. The third-order valence-corrected chi connectivity index (χ3v) is 6.14. The van der Waals surface area contributed by atoms with Crippen LogP contribution in [0.1, 0.15) is 27.9 Å². The van der Waals surface area contributed by atoms with Crippen LogP contribution in [0, 0.1) is 0 Å². The van der Waals surface area contributed by atoms with Crippen molar-refractivity contribution in [2.75, 3.05) is 18.8 Å². The van der Waals surface area contributed by atoms with E-state index in [0.717, 1.165) is 26.1 Å². The molecule has 2 heterocycles. The van der Waals surface area contributed by atoms with E-state index in [4.69, 9.17) is 33.7 Å². The number of likely N-dealkylation sites (tertiary alicyclic amines) is 1. The predicted molar refractivity (Wildman–Crippen MR) is 127 cm³/mol. The summed E-state index contributed by atoms with van der Waals surface area (Å²) in [7, 11) is 0. The molecule has 1 fully saturated rings. The van der Waals surface area contributed by atoms with Gasteiger partial charge in [-0.1, -0.05) is 59.6 Å². The van der Waals surface area contributed by atoms with Crippen LogP contribution in [0.15, 0.2) is 60.8 Å². The molecule has 2 aromatic carbocycles. The molecule has 0 radical (unpaired) electrons. The molecular formula is C24H24Cl2N4O2. The Morgan fingerprint density at radius 3 is 2.66 bits per heavy atom. The number of anilines is 1. The number of benzene rings is 2. The SMILES string of the molecule is Nc1ncc(C(=O)NC2CCN(Cc3ccccc3)C2)cc1OCc1c(Cl)cccc1Cl. The molecule has 3 aromatic rings. The third kappa shape index (κ3) is 5.51. The molecule has 1 atom stereocenters. The molecule has 3 N–H and O–H groups in total. The van der Waals surface area contributed by atoms with Gasteiger partial charge in [0.25, 0.3) is 5.91 Å². The highest BCUT2D eigenvalue weighted by atomic mass is 35.5. The number of aromatic nitrogens is 1. The normalized spacial score (nSPS) is 16.1. The highest BCUT2D eigenvalue weighted by molar-refractivity contribution is 6.35. The fourth-order valence-corrected chi connectivity index (χ4v) is 4.23. The van der Waals surface area contributed by atoms with Crippen molar-refractivity contribution in [2.45, 2.75) is 25.6 Å². The van der Waals surface area contributed by atoms with Crippen LogP contribution in [0.3, 0.4) is 0 Å². The quantitative estimate of drug-likeness (QED) is 0.529. The molecule has 0 spiro atoms. The van der Waals surface area contributed by atoms with Gasteiger partial charge < -0.3 is 15.8 Å². The monoisotopic (exact) mass is 470 g/mol. The molecular weight excluding hydrogens is 447 g/mol. The van der Waals surface area contributed by atoms with Crippen LogP contribution in [0.2, 0.25) is 10.0 Å². The summed E-state index contributed by atoms with van der Waals surface area (Å²) in [6, 6.07) is 17.2. The number of nitrogens with two attached hydrogens (primary N) is 1. The number of hydrogen-bond donors (Lipinski definition) is 2.